The number of carbonyl (C=O) groups excluding carboxylic acids is 2. The fourth-order valence-electron chi connectivity index (χ4n) is 5.14. The van der Waals surface area contributed by atoms with Crippen LogP contribution in [0.1, 0.15) is 45.7 Å². The van der Waals surface area contributed by atoms with Crippen molar-refractivity contribution in [2.24, 2.45) is 5.92 Å². The lowest BCUT2D eigenvalue weighted by molar-refractivity contribution is 0.0954. The third-order valence-electron chi connectivity index (χ3n) is 6.63. The molecule has 180 valence electrons. The Bertz CT molecular complexity index is 1350. The topological polar surface area (TPSA) is 96.3 Å². The Labute approximate surface area is 211 Å². The summed E-state index contributed by atoms with van der Waals surface area (Å²) in [5.41, 5.74) is 3.43. The molecule has 0 aliphatic carbocycles. The largest absolute Gasteiger partial charge is 0.369 e. The predicted octanol–water partition coefficient (Wildman–Crippen LogP) is 3.63. The Hall–Kier alpha value is -3.46. The van der Waals surface area contributed by atoms with Crippen molar-refractivity contribution in [3.8, 4) is 0 Å². The molecule has 3 aromatic rings. The SMILES string of the molecule is CCNC(=O)c1ccc(N2CC3CC(C2)c2cccc(=O)n2C3)c(NC(=O)c2cncc(Br)c2)c1. The molecule has 2 aliphatic heterocycles. The smallest absolute Gasteiger partial charge is 0.257 e. The van der Waals surface area contributed by atoms with Gasteiger partial charge in [0, 0.05) is 66.3 Å². The van der Waals surface area contributed by atoms with Gasteiger partial charge in [0.15, 0.2) is 0 Å². The summed E-state index contributed by atoms with van der Waals surface area (Å²) in [5, 5.41) is 5.82. The van der Waals surface area contributed by atoms with E-state index >= 15 is 0 Å². The van der Waals surface area contributed by atoms with Crippen LogP contribution < -0.4 is 21.1 Å². The monoisotopic (exact) mass is 535 g/mol. The standard InChI is InChI=1S/C26H26BrN5O3/c1-2-29-25(34)17-6-7-23(21(10-17)30-26(35)18-9-20(27)12-28-11-18)31-13-16-8-19(15-31)22-4-3-5-24(33)32(22)14-16/h3-7,9-12,16,19H,2,8,13-15H2,1H3,(H,29,34)(H,30,35). The van der Waals surface area contributed by atoms with E-state index in [-0.39, 0.29) is 23.3 Å². The van der Waals surface area contributed by atoms with Crippen molar-refractivity contribution < 1.29 is 9.59 Å². The highest BCUT2D eigenvalue weighted by atomic mass is 79.9. The number of anilines is 2. The first-order chi connectivity index (χ1) is 16.9. The summed E-state index contributed by atoms with van der Waals surface area (Å²) in [7, 11) is 0. The molecular weight excluding hydrogens is 510 g/mol. The van der Waals surface area contributed by atoms with Crippen LogP contribution in [-0.2, 0) is 6.54 Å². The molecule has 2 N–H and O–H groups in total. The molecule has 2 unspecified atom stereocenters. The van der Waals surface area contributed by atoms with E-state index in [0.29, 0.717) is 40.3 Å². The second-order valence-electron chi connectivity index (χ2n) is 9.04. The molecule has 1 aromatic carbocycles. The van der Waals surface area contributed by atoms with Gasteiger partial charge in [-0.25, -0.2) is 0 Å². The third-order valence-corrected chi connectivity index (χ3v) is 7.07. The van der Waals surface area contributed by atoms with E-state index in [9.17, 15) is 14.4 Å². The van der Waals surface area contributed by atoms with Crippen molar-refractivity contribution in [3.05, 3.63) is 86.5 Å². The maximum atomic E-state index is 13.1. The molecule has 2 atom stereocenters. The molecule has 2 aliphatic rings. The van der Waals surface area contributed by atoms with Crippen molar-refractivity contribution in [3.63, 3.8) is 0 Å². The van der Waals surface area contributed by atoms with Gasteiger partial charge in [-0.1, -0.05) is 6.07 Å². The van der Waals surface area contributed by atoms with Gasteiger partial charge in [-0.15, -0.1) is 0 Å². The van der Waals surface area contributed by atoms with Gasteiger partial charge in [0.1, 0.15) is 0 Å². The lowest BCUT2D eigenvalue weighted by Crippen LogP contribution is -2.47. The van der Waals surface area contributed by atoms with E-state index in [1.807, 2.05) is 29.7 Å². The molecule has 0 saturated carbocycles. The highest BCUT2D eigenvalue weighted by molar-refractivity contribution is 9.10. The number of carbonyl (C=O) groups is 2. The number of aromatic nitrogens is 2. The van der Waals surface area contributed by atoms with E-state index < -0.39 is 0 Å². The molecule has 9 heteroatoms. The average Bonchev–Trinajstić information content (AvgIpc) is 2.85. The number of piperidine rings is 1. The van der Waals surface area contributed by atoms with Crippen molar-refractivity contribution in [1.29, 1.82) is 0 Å². The second-order valence-corrected chi connectivity index (χ2v) is 9.96. The van der Waals surface area contributed by atoms with Crippen LogP contribution in [0.5, 0.6) is 0 Å². The molecule has 35 heavy (non-hydrogen) atoms. The number of nitrogens with one attached hydrogen (secondary N) is 2. The van der Waals surface area contributed by atoms with Crippen LogP contribution in [0.15, 0.2) is 64.1 Å². The van der Waals surface area contributed by atoms with Gasteiger partial charge >= 0.3 is 0 Å². The number of hydrogen-bond donors (Lipinski definition) is 2. The summed E-state index contributed by atoms with van der Waals surface area (Å²) in [6.45, 7) is 4.55. The normalized spacial score (nSPS) is 18.5. The van der Waals surface area contributed by atoms with Crippen LogP contribution in [0.3, 0.4) is 0 Å². The fraction of sp³-hybridized carbons (Fsp3) is 0.308. The molecular formula is C26H26BrN5O3. The first-order valence-electron chi connectivity index (χ1n) is 11.7. The maximum Gasteiger partial charge on any atom is 0.257 e. The minimum absolute atomic E-state index is 0.0486. The number of halogens is 1. The lowest BCUT2D eigenvalue weighted by Gasteiger charge is -2.44. The van der Waals surface area contributed by atoms with E-state index in [0.717, 1.165) is 30.9 Å². The first kappa shape index (κ1) is 23.3. The molecule has 1 fully saturated rings. The number of nitrogens with zero attached hydrogens (tertiary/aromatic N) is 3. The van der Waals surface area contributed by atoms with Crippen LogP contribution in [0.2, 0.25) is 0 Å². The van der Waals surface area contributed by atoms with Gasteiger partial charge in [0.2, 0.25) is 0 Å². The Morgan fingerprint density at radius 1 is 1.06 bits per heavy atom. The highest BCUT2D eigenvalue weighted by Crippen LogP contribution is 2.39. The number of pyridine rings is 2. The number of benzene rings is 1. The van der Waals surface area contributed by atoms with Crippen molar-refractivity contribution in [1.82, 2.24) is 14.9 Å². The van der Waals surface area contributed by atoms with Gasteiger partial charge in [-0.3, -0.25) is 19.4 Å². The van der Waals surface area contributed by atoms with Gasteiger partial charge in [0.05, 0.1) is 16.9 Å². The van der Waals surface area contributed by atoms with Crippen LogP contribution >= 0.6 is 15.9 Å². The summed E-state index contributed by atoms with van der Waals surface area (Å²) in [6.07, 6.45) is 4.16. The van der Waals surface area contributed by atoms with E-state index in [2.05, 4.69) is 36.4 Å². The minimum Gasteiger partial charge on any atom is -0.369 e. The molecule has 8 nitrogen and oxygen atoms in total. The Balaban J connectivity index is 1.49. The highest BCUT2D eigenvalue weighted by Gasteiger charge is 2.35. The molecule has 2 bridgehead atoms. The summed E-state index contributed by atoms with van der Waals surface area (Å²) in [5.74, 6) is 0.0456. The van der Waals surface area contributed by atoms with Crippen molar-refractivity contribution >= 4 is 39.1 Å². The van der Waals surface area contributed by atoms with Gasteiger partial charge in [-0.2, -0.15) is 0 Å². The molecule has 2 aromatic heterocycles. The van der Waals surface area contributed by atoms with Crippen LogP contribution in [0.4, 0.5) is 11.4 Å². The van der Waals surface area contributed by atoms with Gasteiger partial charge in [0.25, 0.3) is 17.4 Å². The number of hydrogen-bond acceptors (Lipinski definition) is 5. The minimum atomic E-state index is -0.304. The third kappa shape index (κ3) is 4.73. The summed E-state index contributed by atoms with van der Waals surface area (Å²) >= 11 is 3.36. The number of fused-ring (bicyclic) bond motifs is 4. The number of amides is 2. The zero-order chi connectivity index (χ0) is 24.5. The first-order valence-corrected chi connectivity index (χ1v) is 12.5. The van der Waals surface area contributed by atoms with Crippen LogP contribution in [0, 0.1) is 5.92 Å². The zero-order valence-electron chi connectivity index (χ0n) is 19.3. The van der Waals surface area contributed by atoms with E-state index in [4.69, 9.17) is 0 Å². The number of rotatable bonds is 5. The summed E-state index contributed by atoms with van der Waals surface area (Å²) < 4.78 is 2.61. The second kappa shape index (κ2) is 9.65. The Morgan fingerprint density at radius 2 is 1.91 bits per heavy atom. The Kier molecular flexibility index (Phi) is 6.42. The molecule has 0 spiro atoms. The molecule has 2 amide bonds. The van der Waals surface area contributed by atoms with Crippen molar-refractivity contribution in [2.75, 3.05) is 29.9 Å². The van der Waals surface area contributed by atoms with Gasteiger partial charge in [-0.05, 0) is 65.5 Å². The van der Waals surface area contributed by atoms with Gasteiger partial charge < -0.3 is 20.1 Å². The van der Waals surface area contributed by atoms with E-state index in [1.165, 1.54) is 6.20 Å². The summed E-state index contributed by atoms with van der Waals surface area (Å²) in [6, 6.07) is 12.6. The quantitative estimate of drug-likeness (QED) is 0.520. The molecule has 0 radical (unpaired) electrons. The van der Waals surface area contributed by atoms with Crippen molar-refractivity contribution in [2.45, 2.75) is 25.8 Å². The van der Waals surface area contributed by atoms with Crippen LogP contribution in [-0.4, -0.2) is 41.0 Å². The molecule has 4 heterocycles. The predicted molar refractivity (Wildman–Crippen MR) is 138 cm³/mol. The van der Waals surface area contributed by atoms with Crippen LogP contribution in [0.25, 0.3) is 0 Å². The lowest BCUT2D eigenvalue weighted by atomic mass is 9.83. The fourth-order valence-corrected chi connectivity index (χ4v) is 5.50. The average molecular weight is 536 g/mol. The van der Waals surface area contributed by atoms with E-state index in [1.54, 1.807) is 30.5 Å². The molecule has 5 rings (SSSR count). The maximum absolute atomic E-state index is 13.1. The Morgan fingerprint density at radius 3 is 2.71 bits per heavy atom. The summed E-state index contributed by atoms with van der Waals surface area (Å²) in [4.78, 5) is 44.3. The zero-order valence-corrected chi connectivity index (χ0v) is 20.9. The molecule has 1 saturated heterocycles.